The van der Waals surface area contributed by atoms with Gasteiger partial charge in [0.2, 0.25) is 0 Å². The molecule has 0 bridgehead atoms. The maximum atomic E-state index is 12.4. The van der Waals surface area contributed by atoms with Gasteiger partial charge in [0.1, 0.15) is 32.2 Å². The average molecular weight is 326 g/mol. The van der Waals surface area contributed by atoms with Gasteiger partial charge in [-0.15, -0.1) is 0 Å². The highest BCUT2D eigenvalue weighted by Gasteiger charge is 2.15. The first kappa shape index (κ1) is 14.9. The van der Waals surface area contributed by atoms with Gasteiger partial charge in [-0.25, -0.2) is 0 Å². The molecule has 0 unspecified atom stereocenters. The van der Waals surface area contributed by atoms with Crippen LogP contribution in [0.15, 0.2) is 36.4 Å². The third-order valence-electron chi connectivity index (χ3n) is 4.02. The number of rotatable bonds is 4. The van der Waals surface area contributed by atoms with Gasteiger partial charge >= 0.3 is 0 Å². The van der Waals surface area contributed by atoms with Gasteiger partial charge in [-0.05, 0) is 35.4 Å². The van der Waals surface area contributed by atoms with E-state index in [4.69, 9.17) is 18.9 Å². The van der Waals surface area contributed by atoms with E-state index in [-0.39, 0.29) is 5.78 Å². The van der Waals surface area contributed by atoms with Crippen molar-refractivity contribution in [2.24, 2.45) is 0 Å². The first-order chi connectivity index (χ1) is 11.8. The predicted molar refractivity (Wildman–Crippen MR) is 87.3 cm³/mol. The summed E-state index contributed by atoms with van der Waals surface area (Å²) < 4.78 is 22.1. The summed E-state index contributed by atoms with van der Waals surface area (Å²) in [5, 5.41) is 0. The number of hydrogen-bond donors (Lipinski definition) is 0. The molecule has 2 heterocycles. The molecule has 2 aromatic carbocycles. The Morgan fingerprint density at radius 3 is 1.54 bits per heavy atom. The highest BCUT2D eigenvalue weighted by Crippen LogP contribution is 2.32. The van der Waals surface area contributed by atoms with E-state index in [0.717, 1.165) is 22.6 Å². The summed E-state index contributed by atoms with van der Waals surface area (Å²) in [5.41, 5.74) is 1.86. The van der Waals surface area contributed by atoms with Crippen LogP contribution in [0.4, 0.5) is 0 Å². The number of hydrogen-bond acceptors (Lipinski definition) is 5. The van der Waals surface area contributed by atoms with Crippen molar-refractivity contribution >= 4 is 5.78 Å². The van der Waals surface area contributed by atoms with Gasteiger partial charge in [0, 0.05) is 12.8 Å². The second kappa shape index (κ2) is 6.43. The molecule has 4 rings (SSSR count). The van der Waals surface area contributed by atoms with Gasteiger partial charge in [0.15, 0.2) is 23.0 Å². The second-order valence-electron chi connectivity index (χ2n) is 5.85. The summed E-state index contributed by atoms with van der Waals surface area (Å²) in [4.78, 5) is 12.4. The minimum atomic E-state index is 0.142. The maximum absolute atomic E-state index is 12.4. The second-order valence-corrected chi connectivity index (χ2v) is 5.85. The van der Waals surface area contributed by atoms with E-state index < -0.39 is 0 Å². The normalized spacial score (nSPS) is 15.0. The van der Waals surface area contributed by atoms with Gasteiger partial charge < -0.3 is 18.9 Å². The Morgan fingerprint density at radius 2 is 1.08 bits per heavy atom. The van der Waals surface area contributed by atoms with Crippen molar-refractivity contribution in [3.05, 3.63) is 47.5 Å². The topological polar surface area (TPSA) is 54.0 Å². The zero-order chi connectivity index (χ0) is 16.4. The van der Waals surface area contributed by atoms with Crippen LogP contribution in [0.25, 0.3) is 0 Å². The largest absolute Gasteiger partial charge is 0.486 e. The first-order valence-corrected chi connectivity index (χ1v) is 8.07. The monoisotopic (exact) mass is 326 g/mol. The number of ketones is 1. The Labute approximate surface area is 140 Å². The smallest absolute Gasteiger partial charge is 0.161 e. The Balaban J connectivity index is 1.43. The summed E-state index contributed by atoms with van der Waals surface area (Å²) in [5.74, 6) is 3.05. The van der Waals surface area contributed by atoms with Crippen LogP contribution in [0.1, 0.15) is 11.1 Å². The van der Waals surface area contributed by atoms with E-state index in [1.807, 2.05) is 36.4 Å². The molecule has 24 heavy (non-hydrogen) atoms. The lowest BCUT2D eigenvalue weighted by atomic mass is 10.0. The standard InChI is InChI=1S/C19H18O5/c20-15(9-13-1-3-16-18(11-13)23-7-5-21-16)10-14-2-4-17-19(12-14)24-8-6-22-17/h1-4,11-12H,5-10H2. The average Bonchev–Trinajstić information content (AvgIpc) is 2.61. The van der Waals surface area contributed by atoms with Crippen LogP contribution >= 0.6 is 0 Å². The molecule has 5 heteroatoms. The van der Waals surface area contributed by atoms with Crippen LogP contribution in [0.3, 0.4) is 0 Å². The van der Waals surface area contributed by atoms with Crippen LogP contribution in [0.5, 0.6) is 23.0 Å². The quantitative estimate of drug-likeness (QED) is 0.864. The fraction of sp³-hybridized carbons (Fsp3) is 0.316. The highest BCUT2D eigenvalue weighted by molar-refractivity contribution is 5.83. The molecular formula is C19H18O5. The molecule has 0 fully saturated rings. The molecule has 0 amide bonds. The predicted octanol–water partition coefficient (Wildman–Crippen LogP) is 2.58. The molecule has 0 saturated carbocycles. The molecule has 0 spiro atoms. The zero-order valence-electron chi connectivity index (χ0n) is 13.2. The minimum absolute atomic E-state index is 0.142. The third-order valence-corrected chi connectivity index (χ3v) is 4.02. The number of Topliss-reactive ketones (excluding diaryl/α,β-unsaturated/α-hetero) is 1. The van der Waals surface area contributed by atoms with Crippen molar-refractivity contribution in [3.63, 3.8) is 0 Å². The van der Waals surface area contributed by atoms with Crippen molar-refractivity contribution < 1.29 is 23.7 Å². The van der Waals surface area contributed by atoms with Gasteiger partial charge in [0.25, 0.3) is 0 Å². The van der Waals surface area contributed by atoms with E-state index in [9.17, 15) is 4.79 Å². The number of ether oxygens (including phenoxy) is 4. The van der Waals surface area contributed by atoms with Crippen LogP contribution in [-0.2, 0) is 17.6 Å². The molecule has 2 aliphatic rings. The molecule has 0 aromatic heterocycles. The van der Waals surface area contributed by atoms with E-state index in [1.165, 1.54) is 0 Å². The number of fused-ring (bicyclic) bond motifs is 2. The molecule has 2 aromatic rings. The lowest BCUT2D eigenvalue weighted by Crippen LogP contribution is -2.16. The van der Waals surface area contributed by atoms with E-state index >= 15 is 0 Å². The number of benzene rings is 2. The molecule has 0 saturated heterocycles. The molecule has 2 aliphatic heterocycles. The van der Waals surface area contributed by atoms with Gasteiger partial charge in [-0.1, -0.05) is 12.1 Å². The summed E-state index contributed by atoms with van der Waals surface area (Å²) in [6, 6.07) is 11.3. The summed E-state index contributed by atoms with van der Waals surface area (Å²) in [6.45, 7) is 2.22. The fourth-order valence-corrected chi connectivity index (χ4v) is 2.91. The fourth-order valence-electron chi connectivity index (χ4n) is 2.91. The maximum Gasteiger partial charge on any atom is 0.161 e. The third kappa shape index (κ3) is 3.15. The van der Waals surface area contributed by atoms with Crippen molar-refractivity contribution in [1.82, 2.24) is 0 Å². The molecule has 0 N–H and O–H groups in total. The SMILES string of the molecule is O=C(Cc1ccc2c(c1)OCCO2)Cc1ccc2c(c1)OCCO2. The Bertz CT molecular complexity index is 705. The highest BCUT2D eigenvalue weighted by atomic mass is 16.6. The molecular weight excluding hydrogens is 308 g/mol. The van der Waals surface area contributed by atoms with Gasteiger partial charge in [-0.2, -0.15) is 0 Å². The van der Waals surface area contributed by atoms with E-state index in [1.54, 1.807) is 0 Å². The van der Waals surface area contributed by atoms with Crippen molar-refractivity contribution in [1.29, 1.82) is 0 Å². The van der Waals surface area contributed by atoms with Crippen molar-refractivity contribution in [2.45, 2.75) is 12.8 Å². The summed E-state index contributed by atoms with van der Waals surface area (Å²) in [6.07, 6.45) is 0.732. The van der Waals surface area contributed by atoms with Crippen LogP contribution in [-0.4, -0.2) is 32.2 Å². The van der Waals surface area contributed by atoms with Crippen molar-refractivity contribution in [2.75, 3.05) is 26.4 Å². The molecule has 5 nitrogen and oxygen atoms in total. The Kier molecular flexibility index (Phi) is 3.99. The van der Waals surface area contributed by atoms with E-state index in [0.29, 0.717) is 50.8 Å². The summed E-state index contributed by atoms with van der Waals surface area (Å²) in [7, 11) is 0. The van der Waals surface area contributed by atoms with Crippen LogP contribution in [0, 0.1) is 0 Å². The van der Waals surface area contributed by atoms with E-state index in [2.05, 4.69) is 0 Å². The molecule has 124 valence electrons. The molecule has 0 radical (unpaired) electrons. The van der Waals surface area contributed by atoms with Gasteiger partial charge in [0.05, 0.1) is 0 Å². The van der Waals surface area contributed by atoms with Crippen molar-refractivity contribution in [3.8, 4) is 23.0 Å². The first-order valence-electron chi connectivity index (χ1n) is 8.07. The lowest BCUT2D eigenvalue weighted by molar-refractivity contribution is -0.117. The van der Waals surface area contributed by atoms with Gasteiger partial charge in [-0.3, -0.25) is 4.79 Å². The van der Waals surface area contributed by atoms with Crippen LogP contribution < -0.4 is 18.9 Å². The van der Waals surface area contributed by atoms with Crippen LogP contribution in [0.2, 0.25) is 0 Å². The molecule has 0 atom stereocenters. The number of carbonyl (C=O) groups excluding carboxylic acids is 1. The molecule has 0 aliphatic carbocycles. The Morgan fingerprint density at radius 1 is 0.667 bits per heavy atom. The Hall–Kier alpha value is -2.69. The summed E-state index contributed by atoms with van der Waals surface area (Å²) >= 11 is 0. The number of carbonyl (C=O) groups is 1. The zero-order valence-corrected chi connectivity index (χ0v) is 13.2. The lowest BCUT2D eigenvalue weighted by Gasteiger charge is -2.19. The minimum Gasteiger partial charge on any atom is -0.486 e.